The average molecular weight is 265 g/mol. The van der Waals surface area contributed by atoms with Crippen molar-refractivity contribution in [2.75, 3.05) is 13.1 Å². The maximum atomic E-state index is 13.1. The second-order valence-corrected chi connectivity index (χ2v) is 5.55. The molecule has 0 unspecified atom stereocenters. The van der Waals surface area contributed by atoms with E-state index in [4.69, 9.17) is 0 Å². The van der Waals surface area contributed by atoms with Gasteiger partial charge in [-0.3, -0.25) is 9.69 Å². The molecule has 0 radical (unpaired) electrons. The number of phenols is 1. The molecule has 1 aromatic rings. The number of benzene rings is 1. The van der Waals surface area contributed by atoms with Gasteiger partial charge < -0.3 is 5.11 Å². The van der Waals surface area contributed by atoms with Gasteiger partial charge in [0.15, 0.2) is 5.78 Å². The standard InChI is InChI=1S/C15H20FNO2/c1-10(2)17(8-11-3-4-11)9-15(19)13-7-12(16)5-6-14(13)18/h5-7,10-11,18H,3-4,8-9H2,1-2H3. The molecule has 0 bridgehead atoms. The van der Waals surface area contributed by atoms with Gasteiger partial charge >= 0.3 is 0 Å². The molecular formula is C15H20FNO2. The molecule has 0 aliphatic heterocycles. The van der Waals surface area contributed by atoms with Crippen molar-refractivity contribution in [2.45, 2.75) is 32.7 Å². The molecule has 1 aliphatic carbocycles. The van der Waals surface area contributed by atoms with Gasteiger partial charge in [0.1, 0.15) is 11.6 Å². The van der Waals surface area contributed by atoms with Crippen LogP contribution in [0.15, 0.2) is 18.2 Å². The first-order valence-electron chi connectivity index (χ1n) is 6.73. The molecule has 104 valence electrons. The molecule has 0 saturated heterocycles. The number of rotatable bonds is 6. The quantitative estimate of drug-likeness (QED) is 0.804. The lowest BCUT2D eigenvalue weighted by molar-refractivity contribution is 0.0897. The van der Waals surface area contributed by atoms with Crippen LogP contribution in [0.2, 0.25) is 0 Å². The van der Waals surface area contributed by atoms with Gasteiger partial charge in [0, 0.05) is 12.6 Å². The zero-order valence-electron chi connectivity index (χ0n) is 11.4. The second-order valence-electron chi connectivity index (χ2n) is 5.55. The van der Waals surface area contributed by atoms with Crippen LogP contribution in [0, 0.1) is 11.7 Å². The monoisotopic (exact) mass is 265 g/mol. The number of hydrogen-bond donors (Lipinski definition) is 1. The van der Waals surface area contributed by atoms with Crippen molar-refractivity contribution in [3.05, 3.63) is 29.6 Å². The Bertz CT molecular complexity index is 469. The molecule has 2 rings (SSSR count). The van der Waals surface area contributed by atoms with E-state index in [1.807, 2.05) is 13.8 Å². The van der Waals surface area contributed by atoms with Crippen LogP contribution in [0.4, 0.5) is 4.39 Å². The third-order valence-electron chi connectivity index (χ3n) is 3.53. The van der Waals surface area contributed by atoms with E-state index in [1.54, 1.807) is 0 Å². The second kappa shape index (κ2) is 5.70. The van der Waals surface area contributed by atoms with Crippen LogP contribution in [-0.4, -0.2) is 34.9 Å². The lowest BCUT2D eigenvalue weighted by atomic mass is 10.1. The van der Waals surface area contributed by atoms with Crippen molar-refractivity contribution in [3.8, 4) is 5.75 Å². The highest BCUT2D eigenvalue weighted by molar-refractivity contribution is 6.00. The van der Waals surface area contributed by atoms with Gasteiger partial charge in [-0.2, -0.15) is 0 Å². The van der Waals surface area contributed by atoms with Gasteiger partial charge in [0.2, 0.25) is 0 Å². The van der Waals surface area contributed by atoms with Crippen molar-refractivity contribution in [2.24, 2.45) is 5.92 Å². The number of ketones is 1. The number of phenolic OH excluding ortho intramolecular Hbond substituents is 1. The summed E-state index contributed by atoms with van der Waals surface area (Å²) in [7, 11) is 0. The van der Waals surface area contributed by atoms with E-state index < -0.39 is 5.82 Å². The summed E-state index contributed by atoms with van der Waals surface area (Å²) < 4.78 is 13.1. The van der Waals surface area contributed by atoms with E-state index in [9.17, 15) is 14.3 Å². The molecule has 1 aromatic carbocycles. The Kier molecular flexibility index (Phi) is 4.20. The average Bonchev–Trinajstić information content (AvgIpc) is 3.15. The Morgan fingerprint density at radius 2 is 2.16 bits per heavy atom. The van der Waals surface area contributed by atoms with E-state index in [1.165, 1.54) is 18.9 Å². The Morgan fingerprint density at radius 3 is 2.74 bits per heavy atom. The Hall–Kier alpha value is -1.42. The van der Waals surface area contributed by atoms with Gasteiger partial charge in [-0.05, 0) is 50.8 Å². The smallest absolute Gasteiger partial charge is 0.180 e. The van der Waals surface area contributed by atoms with E-state index in [0.29, 0.717) is 5.92 Å². The third kappa shape index (κ3) is 3.77. The van der Waals surface area contributed by atoms with Crippen LogP contribution in [-0.2, 0) is 0 Å². The number of carbonyl (C=O) groups is 1. The summed E-state index contributed by atoms with van der Waals surface area (Å²) in [5.41, 5.74) is 0.0708. The zero-order valence-corrected chi connectivity index (χ0v) is 11.4. The van der Waals surface area contributed by atoms with Crippen molar-refractivity contribution in [3.63, 3.8) is 0 Å². The summed E-state index contributed by atoms with van der Waals surface area (Å²) in [6.45, 7) is 5.22. The van der Waals surface area contributed by atoms with Crippen LogP contribution in [0.1, 0.15) is 37.0 Å². The molecular weight excluding hydrogens is 245 g/mol. The third-order valence-corrected chi connectivity index (χ3v) is 3.53. The van der Waals surface area contributed by atoms with Crippen LogP contribution in [0.25, 0.3) is 0 Å². The molecule has 19 heavy (non-hydrogen) atoms. The molecule has 0 spiro atoms. The van der Waals surface area contributed by atoms with Gasteiger partial charge in [-0.25, -0.2) is 4.39 Å². The summed E-state index contributed by atoms with van der Waals surface area (Å²) in [4.78, 5) is 14.3. The van der Waals surface area contributed by atoms with Crippen LogP contribution in [0.5, 0.6) is 5.75 Å². The molecule has 1 aliphatic rings. The fourth-order valence-electron chi connectivity index (χ4n) is 2.09. The first kappa shape index (κ1) is 14.0. The van der Waals surface area contributed by atoms with Gasteiger partial charge in [-0.1, -0.05) is 0 Å². The molecule has 0 heterocycles. The summed E-state index contributed by atoms with van der Waals surface area (Å²) in [5.74, 6) is -0.191. The highest BCUT2D eigenvalue weighted by Crippen LogP contribution is 2.30. The number of hydrogen-bond acceptors (Lipinski definition) is 3. The number of Topliss-reactive ketones (excluding diaryl/α,β-unsaturated/α-hetero) is 1. The minimum atomic E-state index is -0.501. The van der Waals surface area contributed by atoms with E-state index in [0.717, 1.165) is 18.7 Å². The number of halogens is 1. The van der Waals surface area contributed by atoms with E-state index >= 15 is 0 Å². The molecule has 0 aromatic heterocycles. The largest absolute Gasteiger partial charge is 0.507 e. The van der Waals surface area contributed by atoms with Crippen molar-refractivity contribution in [1.29, 1.82) is 0 Å². The topological polar surface area (TPSA) is 40.5 Å². The lowest BCUT2D eigenvalue weighted by Crippen LogP contribution is -2.37. The zero-order chi connectivity index (χ0) is 14.0. The lowest BCUT2D eigenvalue weighted by Gasteiger charge is -2.25. The Balaban J connectivity index is 2.07. The van der Waals surface area contributed by atoms with Crippen LogP contribution >= 0.6 is 0 Å². The Labute approximate surface area is 113 Å². The fourth-order valence-corrected chi connectivity index (χ4v) is 2.09. The molecule has 0 amide bonds. The SMILES string of the molecule is CC(C)N(CC(=O)c1cc(F)ccc1O)CC1CC1. The number of carbonyl (C=O) groups excluding carboxylic acids is 1. The molecule has 3 nitrogen and oxygen atoms in total. The number of aromatic hydroxyl groups is 1. The molecule has 1 N–H and O–H groups in total. The van der Waals surface area contributed by atoms with Crippen molar-refractivity contribution < 1.29 is 14.3 Å². The predicted molar refractivity (Wildman–Crippen MR) is 71.8 cm³/mol. The fraction of sp³-hybridized carbons (Fsp3) is 0.533. The van der Waals surface area contributed by atoms with Crippen molar-refractivity contribution in [1.82, 2.24) is 4.90 Å². The first-order valence-corrected chi connectivity index (χ1v) is 6.73. The summed E-state index contributed by atoms with van der Waals surface area (Å²) in [6, 6.07) is 3.74. The minimum Gasteiger partial charge on any atom is -0.507 e. The molecule has 1 saturated carbocycles. The maximum Gasteiger partial charge on any atom is 0.180 e. The predicted octanol–water partition coefficient (Wildman–Crippen LogP) is 2.83. The minimum absolute atomic E-state index is 0.0708. The van der Waals surface area contributed by atoms with E-state index in [-0.39, 0.29) is 29.7 Å². The van der Waals surface area contributed by atoms with Crippen LogP contribution < -0.4 is 0 Å². The van der Waals surface area contributed by atoms with Crippen LogP contribution in [0.3, 0.4) is 0 Å². The molecule has 0 atom stereocenters. The molecule has 4 heteroatoms. The summed E-state index contributed by atoms with van der Waals surface area (Å²) >= 11 is 0. The number of nitrogens with zero attached hydrogens (tertiary/aromatic N) is 1. The van der Waals surface area contributed by atoms with Gasteiger partial charge in [0.05, 0.1) is 12.1 Å². The highest BCUT2D eigenvalue weighted by Gasteiger charge is 2.27. The van der Waals surface area contributed by atoms with Crippen molar-refractivity contribution >= 4 is 5.78 Å². The Morgan fingerprint density at radius 1 is 1.47 bits per heavy atom. The van der Waals surface area contributed by atoms with Gasteiger partial charge in [0.25, 0.3) is 0 Å². The summed E-state index contributed by atoms with van der Waals surface area (Å²) in [5, 5.41) is 9.65. The molecule has 1 fully saturated rings. The van der Waals surface area contributed by atoms with E-state index in [2.05, 4.69) is 4.90 Å². The summed E-state index contributed by atoms with van der Waals surface area (Å²) in [6.07, 6.45) is 2.45. The highest BCUT2D eigenvalue weighted by atomic mass is 19.1. The first-order chi connectivity index (χ1) is 8.97. The normalized spacial score (nSPS) is 15.2. The maximum absolute atomic E-state index is 13.1. The van der Waals surface area contributed by atoms with Gasteiger partial charge in [-0.15, -0.1) is 0 Å².